The van der Waals surface area contributed by atoms with Crippen molar-refractivity contribution in [1.29, 1.82) is 0 Å². The molecule has 1 aromatic carbocycles. The Hall–Kier alpha value is -1.40. The van der Waals surface area contributed by atoms with Crippen LogP contribution in [-0.4, -0.2) is 35.9 Å². The summed E-state index contributed by atoms with van der Waals surface area (Å²) >= 11 is 0. The Kier molecular flexibility index (Phi) is 4.39. The highest BCUT2D eigenvalue weighted by Crippen LogP contribution is 2.31. The number of hydrogen-bond donors (Lipinski definition) is 1. The Morgan fingerprint density at radius 1 is 1.24 bits per heavy atom. The molecule has 0 radical (unpaired) electrons. The fourth-order valence-electron chi connectivity index (χ4n) is 3.11. The van der Waals surface area contributed by atoms with Crippen LogP contribution in [0.25, 0.3) is 0 Å². The van der Waals surface area contributed by atoms with Crippen molar-refractivity contribution in [1.82, 2.24) is 4.31 Å². The van der Waals surface area contributed by atoms with E-state index in [1.807, 2.05) is 13.8 Å². The molecule has 1 aromatic rings. The Balaban J connectivity index is 2.54. The summed E-state index contributed by atoms with van der Waals surface area (Å²) in [7, 11) is -3.68. The van der Waals surface area contributed by atoms with Gasteiger partial charge in [-0.1, -0.05) is 12.5 Å². The van der Waals surface area contributed by atoms with E-state index in [1.54, 1.807) is 6.92 Å². The van der Waals surface area contributed by atoms with Crippen molar-refractivity contribution < 1.29 is 18.3 Å². The molecule has 1 saturated heterocycles. The predicted molar refractivity (Wildman–Crippen MR) is 79.9 cm³/mol. The fourth-order valence-corrected chi connectivity index (χ4v) is 5.24. The second-order valence-electron chi connectivity index (χ2n) is 5.70. The monoisotopic (exact) mass is 311 g/mol. The average molecular weight is 311 g/mol. The Labute approximate surface area is 125 Å². The normalized spacial score (nSPS) is 24.0. The SMILES string of the molecule is Cc1c(C(=O)O)cccc1S(=O)(=O)N1[C@H](C)CCC[C@@H]1C. The van der Waals surface area contributed by atoms with Gasteiger partial charge in [-0.05, 0) is 51.3 Å². The van der Waals surface area contributed by atoms with E-state index in [2.05, 4.69) is 0 Å². The molecule has 0 aromatic heterocycles. The van der Waals surface area contributed by atoms with Crippen LogP contribution in [0, 0.1) is 6.92 Å². The number of carboxylic acid groups (broad SMARTS) is 1. The zero-order chi connectivity index (χ0) is 15.8. The van der Waals surface area contributed by atoms with E-state index in [4.69, 9.17) is 5.11 Å². The van der Waals surface area contributed by atoms with Gasteiger partial charge in [0.15, 0.2) is 0 Å². The Morgan fingerprint density at radius 3 is 2.33 bits per heavy atom. The van der Waals surface area contributed by atoms with Crippen LogP contribution >= 0.6 is 0 Å². The number of benzene rings is 1. The molecular formula is C15H21NO4S. The minimum absolute atomic E-state index is 0.0355. The second-order valence-corrected chi connectivity index (χ2v) is 7.51. The Bertz CT molecular complexity index is 644. The van der Waals surface area contributed by atoms with Gasteiger partial charge in [-0.3, -0.25) is 0 Å². The molecule has 2 atom stereocenters. The minimum Gasteiger partial charge on any atom is -0.478 e. The van der Waals surface area contributed by atoms with Crippen LogP contribution in [0.3, 0.4) is 0 Å². The first-order valence-electron chi connectivity index (χ1n) is 7.13. The zero-order valence-electron chi connectivity index (χ0n) is 12.5. The maximum absolute atomic E-state index is 12.9. The van der Waals surface area contributed by atoms with E-state index < -0.39 is 16.0 Å². The number of sulfonamides is 1. The van der Waals surface area contributed by atoms with Crippen LogP contribution in [0.4, 0.5) is 0 Å². The molecule has 2 rings (SSSR count). The molecule has 1 N–H and O–H groups in total. The van der Waals surface area contributed by atoms with E-state index in [0.29, 0.717) is 5.56 Å². The Morgan fingerprint density at radius 2 is 1.81 bits per heavy atom. The predicted octanol–water partition coefficient (Wildman–Crippen LogP) is 2.64. The average Bonchev–Trinajstić information content (AvgIpc) is 2.37. The standard InChI is InChI=1S/C15H21NO4S/c1-10-6-4-7-11(2)16(10)21(19,20)14-9-5-8-13(12(14)3)15(17)18/h5,8-11H,4,6-7H2,1-3H3,(H,17,18)/t10-,11+. The van der Waals surface area contributed by atoms with Crippen LogP contribution in [0.15, 0.2) is 23.1 Å². The molecule has 6 heteroatoms. The van der Waals surface area contributed by atoms with Crippen molar-refractivity contribution in [3.8, 4) is 0 Å². The van der Waals surface area contributed by atoms with Crippen molar-refractivity contribution in [3.63, 3.8) is 0 Å². The van der Waals surface area contributed by atoms with Gasteiger partial charge in [0.25, 0.3) is 0 Å². The van der Waals surface area contributed by atoms with Gasteiger partial charge < -0.3 is 5.11 Å². The molecule has 1 fully saturated rings. The van der Waals surface area contributed by atoms with Gasteiger partial charge >= 0.3 is 5.97 Å². The molecular weight excluding hydrogens is 290 g/mol. The van der Waals surface area contributed by atoms with Crippen LogP contribution in [0.2, 0.25) is 0 Å². The van der Waals surface area contributed by atoms with E-state index in [9.17, 15) is 13.2 Å². The summed E-state index contributed by atoms with van der Waals surface area (Å²) in [5.41, 5.74) is 0.336. The van der Waals surface area contributed by atoms with E-state index in [0.717, 1.165) is 19.3 Å². The third-order valence-electron chi connectivity index (χ3n) is 4.18. The minimum atomic E-state index is -3.68. The lowest BCUT2D eigenvalue weighted by atomic mass is 10.0. The van der Waals surface area contributed by atoms with Crippen molar-refractivity contribution in [2.24, 2.45) is 0 Å². The first-order valence-corrected chi connectivity index (χ1v) is 8.57. The van der Waals surface area contributed by atoms with Gasteiger partial charge in [0.2, 0.25) is 10.0 Å². The molecule has 0 bridgehead atoms. The maximum Gasteiger partial charge on any atom is 0.335 e. The number of rotatable bonds is 3. The number of carbonyl (C=O) groups is 1. The van der Waals surface area contributed by atoms with Gasteiger partial charge in [-0.25, -0.2) is 13.2 Å². The van der Waals surface area contributed by atoms with Crippen LogP contribution in [0.1, 0.15) is 49.0 Å². The molecule has 0 saturated carbocycles. The zero-order valence-corrected chi connectivity index (χ0v) is 13.4. The van der Waals surface area contributed by atoms with Gasteiger partial charge in [0.1, 0.15) is 0 Å². The molecule has 21 heavy (non-hydrogen) atoms. The van der Waals surface area contributed by atoms with Gasteiger partial charge in [0, 0.05) is 12.1 Å². The highest BCUT2D eigenvalue weighted by atomic mass is 32.2. The summed E-state index contributed by atoms with van der Waals surface area (Å²) < 4.78 is 27.4. The summed E-state index contributed by atoms with van der Waals surface area (Å²) in [6.45, 7) is 5.36. The number of piperidine rings is 1. The third kappa shape index (κ3) is 2.82. The topological polar surface area (TPSA) is 74.7 Å². The lowest BCUT2D eigenvalue weighted by molar-refractivity contribution is 0.0696. The molecule has 0 unspecified atom stereocenters. The van der Waals surface area contributed by atoms with Crippen molar-refractivity contribution in [2.45, 2.75) is 57.0 Å². The van der Waals surface area contributed by atoms with Crippen molar-refractivity contribution >= 4 is 16.0 Å². The largest absolute Gasteiger partial charge is 0.478 e. The van der Waals surface area contributed by atoms with Gasteiger partial charge in [-0.15, -0.1) is 0 Å². The highest BCUT2D eigenvalue weighted by molar-refractivity contribution is 7.89. The van der Waals surface area contributed by atoms with Crippen LogP contribution < -0.4 is 0 Å². The molecule has 1 heterocycles. The maximum atomic E-state index is 12.9. The number of aromatic carboxylic acids is 1. The molecule has 0 amide bonds. The quantitative estimate of drug-likeness (QED) is 0.931. The third-order valence-corrected chi connectivity index (χ3v) is 6.46. The summed E-state index contributed by atoms with van der Waals surface area (Å²) in [6.07, 6.45) is 2.69. The highest BCUT2D eigenvalue weighted by Gasteiger charge is 2.36. The summed E-state index contributed by atoms with van der Waals surface area (Å²) in [5.74, 6) is -1.11. The molecule has 5 nitrogen and oxygen atoms in total. The smallest absolute Gasteiger partial charge is 0.335 e. The number of carboxylic acids is 1. The molecule has 0 aliphatic carbocycles. The summed E-state index contributed by atoms with van der Waals surface area (Å²) in [6, 6.07) is 4.28. The number of nitrogens with zero attached hydrogens (tertiary/aromatic N) is 1. The van der Waals surface area contributed by atoms with Crippen molar-refractivity contribution in [3.05, 3.63) is 29.3 Å². The summed E-state index contributed by atoms with van der Waals surface area (Å²) in [4.78, 5) is 11.3. The van der Waals surface area contributed by atoms with Gasteiger partial charge in [-0.2, -0.15) is 4.31 Å². The molecule has 1 aliphatic rings. The molecule has 1 aliphatic heterocycles. The molecule has 0 spiro atoms. The fraction of sp³-hybridized carbons (Fsp3) is 0.533. The first-order chi connectivity index (χ1) is 9.76. The van der Waals surface area contributed by atoms with Crippen LogP contribution in [-0.2, 0) is 10.0 Å². The van der Waals surface area contributed by atoms with Crippen LogP contribution in [0.5, 0.6) is 0 Å². The van der Waals surface area contributed by atoms with E-state index in [1.165, 1.54) is 22.5 Å². The van der Waals surface area contributed by atoms with Crippen molar-refractivity contribution in [2.75, 3.05) is 0 Å². The summed E-state index contributed by atoms with van der Waals surface area (Å²) in [5, 5.41) is 9.16. The van der Waals surface area contributed by atoms with E-state index in [-0.39, 0.29) is 22.5 Å². The lowest BCUT2D eigenvalue weighted by Crippen LogP contribution is -2.47. The molecule has 116 valence electrons. The van der Waals surface area contributed by atoms with Gasteiger partial charge in [0.05, 0.1) is 10.5 Å². The lowest BCUT2D eigenvalue weighted by Gasteiger charge is -2.38. The number of hydrogen-bond acceptors (Lipinski definition) is 3. The first kappa shape index (κ1) is 16.0. The second kappa shape index (κ2) is 5.77. The van der Waals surface area contributed by atoms with E-state index >= 15 is 0 Å².